The molecule has 0 saturated carbocycles. The van der Waals surface area contributed by atoms with E-state index in [2.05, 4.69) is 5.32 Å². The Balaban J connectivity index is 2.50. The van der Waals surface area contributed by atoms with E-state index in [4.69, 9.17) is 21.4 Å². The smallest absolute Gasteiger partial charge is 0.328 e. The molecule has 6 heteroatoms. The summed E-state index contributed by atoms with van der Waals surface area (Å²) < 4.78 is 4.74. The fourth-order valence-corrected chi connectivity index (χ4v) is 1.86. The molecule has 0 fully saturated rings. The van der Waals surface area contributed by atoms with Crippen molar-refractivity contribution < 1.29 is 19.4 Å². The molecule has 0 heterocycles. The second kappa shape index (κ2) is 7.87. The van der Waals surface area contributed by atoms with Crippen molar-refractivity contribution in [2.45, 2.75) is 25.8 Å². The Morgan fingerprint density at radius 2 is 2.15 bits per heavy atom. The maximum absolute atomic E-state index is 11.7. The summed E-state index contributed by atoms with van der Waals surface area (Å²) in [5.74, 6) is -1.44. The van der Waals surface area contributed by atoms with Crippen molar-refractivity contribution in [2.24, 2.45) is 0 Å². The Kier molecular flexibility index (Phi) is 6.48. The Labute approximate surface area is 122 Å². The minimum atomic E-state index is -1.11. The summed E-state index contributed by atoms with van der Waals surface area (Å²) in [5.41, 5.74) is 1.92. The van der Waals surface area contributed by atoms with Gasteiger partial charge in [0.05, 0.1) is 6.61 Å². The third kappa shape index (κ3) is 5.19. The molecule has 1 amide bonds. The summed E-state index contributed by atoms with van der Waals surface area (Å²) in [4.78, 5) is 22.6. The topological polar surface area (TPSA) is 75.6 Å². The van der Waals surface area contributed by atoms with Crippen LogP contribution in [0.25, 0.3) is 0 Å². The van der Waals surface area contributed by atoms with E-state index in [1.54, 1.807) is 0 Å². The number of ether oxygens (including phenoxy) is 1. The maximum atomic E-state index is 11.7. The highest BCUT2D eigenvalue weighted by atomic mass is 35.5. The Morgan fingerprint density at radius 3 is 2.70 bits per heavy atom. The largest absolute Gasteiger partial charge is 0.480 e. The van der Waals surface area contributed by atoms with Crippen molar-refractivity contribution >= 4 is 23.5 Å². The van der Waals surface area contributed by atoms with Gasteiger partial charge in [0, 0.05) is 18.6 Å². The molecular weight excluding hydrogens is 282 g/mol. The van der Waals surface area contributed by atoms with Gasteiger partial charge in [0.25, 0.3) is 0 Å². The molecule has 110 valence electrons. The molecule has 0 aliphatic heterocycles. The van der Waals surface area contributed by atoms with Crippen LogP contribution in [0, 0.1) is 6.92 Å². The monoisotopic (exact) mass is 299 g/mol. The van der Waals surface area contributed by atoms with Crippen molar-refractivity contribution in [3.05, 3.63) is 34.3 Å². The van der Waals surface area contributed by atoms with Crippen LogP contribution < -0.4 is 5.32 Å². The maximum Gasteiger partial charge on any atom is 0.328 e. The van der Waals surface area contributed by atoms with Crippen LogP contribution in [-0.2, 0) is 20.7 Å². The number of nitrogens with one attached hydrogen (secondary N) is 1. The minimum absolute atomic E-state index is 0.0581. The van der Waals surface area contributed by atoms with E-state index < -0.39 is 12.0 Å². The van der Waals surface area contributed by atoms with Crippen LogP contribution >= 0.6 is 11.6 Å². The molecule has 1 unspecified atom stereocenters. The minimum Gasteiger partial charge on any atom is -0.480 e. The molecule has 0 aromatic heterocycles. The number of aryl methyl sites for hydroxylation is 2. The van der Waals surface area contributed by atoms with Gasteiger partial charge in [-0.05, 0) is 30.5 Å². The third-order valence-electron chi connectivity index (χ3n) is 2.84. The van der Waals surface area contributed by atoms with Crippen LogP contribution in [0.15, 0.2) is 18.2 Å². The van der Waals surface area contributed by atoms with Gasteiger partial charge in [-0.1, -0.05) is 23.7 Å². The summed E-state index contributed by atoms with van der Waals surface area (Å²) in [6.45, 7) is 1.85. The predicted molar refractivity (Wildman–Crippen MR) is 76.0 cm³/mol. The molecule has 1 atom stereocenters. The van der Waals surface area contributed by atoms with E-state index in [1.165, 1.54) is 7.11 Å². The Morgan fingerprint density at radius 1 is 1.45 bits per heavy atom. The summed E-state index contributed by atoms with van der Waals surface area (Å²) in [6, 6.07) is 4.58. The van der Waals surface area contributed by atoms with Crippen LogP contribution in [0.5, 0.6) is 0 Å². The first-order valence-electron chi connectivity index (χ1n) is 6.20. The van der Waals surface area contributed by atoms with Crippen LogP contribution in [0.1, 0.15) is 17.5 Å². The lowest BCUT2D eigenvalue weighted by atomic mass is 10.1. The number of carbonyl (C=O) groups is 2. The average Bonchev–Trinajstić information content (AvgIpc) is 2.39. The lowest BCUT2D eigenvalue weighted by molar-refractivity contribution is -0.143. The van der Waals surface area contributed by atoms with Gasteiger partial charge < -0.3 is 15.2 Å². The number of aliphatic carboxylic acids is 1. The van der Waals surface area contributed by atoms with Crippen molar-refractivity contribution in [2.75, 3.05) is 13.7 Å². The molecule has 0 radical (unpaired) electrons. The number of rotatable bonds is 7. The molecule has 2 N–H and O–H groups in total. The molecule has 0 aliphatic rings. The molecule has 0 aliphatic carbocycles. The van der Waals surface area contributed by atoms with E-state index in [-0.39, 0.29) is 18.9 Å². The number of carboxylic acid groups (broad SMARTS) is 1. The molecule has 1 aromatic carbocycles. The fraction of sp³-hybridized carbons (Fsp3) is 0.429. The molecule has 1 rings (SSSR count). The van der Waals surface area contributed by atoms with Crippen molar-refractivity contribution in [3.63, 3.8) is 0 Å². The van der Waals surface area contributed by atoms with Gasteiger partial charge in [-0.2, -0.15) is 0 Å². The predicted octanol–water partition coefficient (Wildman–Crippen LogP) is 1.80. The normalized spacial score (nSPS) is 11.9. The first-order chi connectivity index (χ1) is 9.43. The van der Waals surface area contributed by atoms with Gasteiger partial charge in [-0.15, -0.1) is 0 Å². The summed E-state index contributed by atoms with van der Waals surface area (Å²) in [7, 11) is 1.39. The molecule has 5 nitrogen and oxygen atoms in total. The van der Waals surface area contributed by atoms with E-state index in [9.17, 15) is 9.59 Å². The molecule has 1 aromatic rings. The number of methoxy groups -OCH3 is 1. The van der Waals surface area contributed by atoms with Crippen LogP contribution in [0.3, 0.4) is 0 Å². The summed E-state index contributed by atoms with van der Waals surface area (Å²) in [6.07, 6.45) is 0.706. The second-order valence-electron chi connectivity index (χ2n) is 4.50. The van der Waals surface area contributed by atoms with Gasteiger partial charge >= 0.3 is 5.97 Å². The van der Waals surface area contributed by atoms with Crippen LogP contribution in [-0.4, -0.2) is 36.7 Å². The molecule has 20 heavy (non-hydrogen) atoms. The zero-order valence-electron chi connectivity index (χ0n) is 11.5. The van der Waals surface area contributed by atoms with E-state index in [0.717, 1.165) is 11.1 Å². The number of hydrogen-bond acceptors (Lipinski definition) is 3. The van der Waals surface area contributed by atoms with Crippen molar-refractivity contribution in [1.29, 1.82) is 0 Å². The van der Waals surface area contributed by atoms with Gasteiger partial charge in [0.1, 0.15) is 0 Å². The summed E-state index contributed by atoms with van der Waals surface area (Å²) in [5, 5.41) is 12.0. The van der Waals surface area contributed by atoms with Gasteiger partial charge in [0.15, 0.2) is 6.04 Å². The molecular formula is C14H18ClNO4. The van der Waals surface area contributed by atoms with Crippen molar-refractivity contribution in [3.8, 4) is 0 Å². The Bertz CT molecular complexity index is 490. The number of amides is 1. The van der Waals surface area contributed by atoms with Gasteiger partial charge in [0.2, 0.25) is 5.91 Å². The first kappa shape index (κ1) is 16.5. The van der Waals surface area contributed by atoms with E-state index >= 15 is 0 Å². The van der Waals surface area contributed by atoms with Gasteiger partial charge in [-0.25, -0.2) is 4.79 Å². The average molecular weight is 300 g/mol. The lowest BCUT2D eigenvalue weighted by Gasteiger charge is -2.13. The lowest BCUT2D eigenvalue weighted by Crippen LogP contribution is -2.43. The van der Waals surface area contributed by atoms with Crippen LogP contribution in [0.4, 0.5) is 0 Å². The zero-order chi connectivity index (χ0) is 15.1. The number of benzene rings is 1. The molecule has 0 saturated heterocycles. The number of carboxylic acids is 1. The number of hydrogen-bond donors (Lipinski definition) is 2. The second-order valence-corrected chi connectivity index (χ2v) is 4.90. The SMILES string of the molecule is COCC(NC(=O)CCc1ccc(C)c(Cl)c1)C(=O)O. The first-order valence-corrected chi connectivity index (χ1v) is 6.58. The van der Waals surface area contributed by atoms with Crippen molar-refractivity contribution in [1.82, 2.24) is 5.32 Å². The fourth-order valence-electron chi connectivity index (χ4n) is 1.66. The zero-order valence-corrected chi connectivity index (χ0v) is 12.2. The number of halogens is 1. The highest BCUT2D eigenvalue weighted by Crippen LogP contribution is 2.17. The third-order valence-corrected chi connectivity index (χ3v) is 3.25. The highest BCUT2D eigenvalue weighted by molar-refractivity contribution is 6.31. The van der Waals surface area contributed by atoms with E-state index in [0.29, 0.717) is 11.4 Å². The van der Waals surface area contributed by atoms with E-state index in [1.807, 2.05) is 25.1 Å². The Hall–Kier alpha value is -1.59. The quantitative estimate of drug-likeness (QED) is 0.805. The molecule has 0 spiro atoms. The summed E-state index contributed by atoms with van der Waals surface area (Å²) >= 11 is 6.00. The van der Waals surface area contributed by atoms with Crippen LogP contribution in [0.2, 0.25) is 5.02 Å². The standard InChI is InChI=1S/C14H18ClNO4/c1-9-3-4-10(7-11(9)15)5-6-13(17)16-12(8-20-2)14(18)19/h3-4,7,12H,5-6,8H2,1-2H3,(H,16,17)(H,18,19). The van der Waals surface area contributed by atoms with Gasteiger partial charge in [-0.3, -0.25) is 4.79 Å². The molecule has 0 bridgehead atoms. The highest BCUT2D eigenvalue weighted by Gasteiger charge is 2.19. The number of carbonyl (C=O) groups excluding carboxylic acids is 1.